The van der Waals surface area contributed by atoms with Crippen LogP contribution in [-0.2, 0) is 4.74 Å². The van der Waals surface area contributed by atoms with Gasteiger partial charge in [-0.25, -0.2) is 0 Å². The van der Waals surface area contributed by atoms with Crippen LogP contribution in [0.25, 0.3) is 0 Å². The minimum absolute atomic E-state index is 0.0332. The van der Waals surface area contributed by atoms with Gasteiger partial charge in [-0.2, -0.15) is 0 Å². The average Bonchev–Trinajstić information content (AvgIpc) is 2.23. The first-order valence-corrected chi connectivity index (χ1v) is 4.24. The van der Waals surface area contributed by atoms with Crippen LogP contribution in [0.15, 0.2) is 6.07 Å². The zero-order valence-electron chi connectivity index (χ0n) is 11.5. The Morgan fingerprint density at radius 3 is 2.71 bits per heavy atom. The average molecular weight is 199 g/mol. The van der Waals surface area contributed by atoms with Gasteiger partial charge in [0.15, 0.2) is 6.79 Å². The summed E-state index contributed by atoms with van der Waals surface area (Å²) < 4.78 is 32.1. The fraction of sp³-hybridized carbons (Fsp3) is 0.455. The summed E-state index contributed by atoms with van der Waals surface area (Å²) in [5.74, 6) is 0.209. The number of ether oxygens (including phenoxy) is 2. The van der Waals surface area contributed by atoms with Crippen molar-refractivity contribution in [3.05, 3.63) is 22.8 Å². The number of aromatic hydroxyl groups is 1. The Labute approximate surface area is 88.5 Å². The van der Waals surface area contributed by atoms with Crippen molar-refractivity contribution in [2.45, 2.75) is 20.7 Å². The van der Waals surface area contributed by atoms with Crippen LogP contribution >= 0.6 is 0 Å². The van der Waals surface area contributed by atoms with Crippen LogP contribution in [0, 0.1) is 20.7 Å². The van der Waals surface area contributed by atoms with Gasteiger partial charge < -0.3 is 14.6 Å². The number of benzene rings is 1. The van der Waals surface area contributed by atoms with E-state index < -0.39 is 6.85 Å². The molecule has 1 aromatic rings. The predicted molar refractivity (Wildman–Crippen MR) is 54.8 cm³/mol. The van der Waals surface area contributed by atoms with E-state index in [1.54, 1.807) is 13.8 Å². The van der Waals surface area contributed by atoms with Gasteiger partial charge in [-0.15, -0.1) is 0 Å². The molecule has 78 valence electrons. The van der Waals surface area contributed by atoms with Gasteiger partial charge in [0.2, 0.25) is 0 Å². The molecule has 0 heterocycles. The van der Waals surface area contributed by atoms with E-state index in [9.17, 15) is 5.11 Å². The highest BCUT2D eigenvalue weighted by atomic mass is 16.7. The highest BCUT2D eigenvalue weighted by molar-refractivity contribution is 5.51. The quantitative estimate of drug-likeness (QED) is 0.759. The van der Waals surface area contributed by atoms with Gasteiger partial charge in [-0.05, 0) is 43.5 Å². The molecule has 0 aromatic heterocycles. The normalized spacial score (nSPS) is 14.4. The van der Waals surface area contributed by atoms with Gasteiger partial charge >= 0.3 is 0 Å². The highest BCUT2D eigenvalue weighted by Gasteiger charge is 2.09. The molecule has 0 amide bonds. The van der Waals surface area contributed by atoms with Crippen LogP contribution in [0.1, 0.15) is 20.8 Å². The van der Waals surface area contributed by atoms with Crippen LogP contribution < -0.4 is 4.74 Å². The minimum atomic E-state index is -2.37. The Morgan fingerprint density at radius 2 is 2.14 bits per heavy atom. The van der Waals surface area contributed by atoms with Gasteiger partial charge in [0, 0.05) is 11.2 Å². The van der Waals surface area contributed by atoms with Gasteiger partial charge in [0.25, 0.3) is 0 Å². The third-order valence-corrected chi connectivity index (χ3v) is 2.15. The zero-order valence-corrected chi connectivity index (χ0v) is 8.55. The number of methoxy groups -OCH3 is 1. The molecule has 0 aliphatic carbocycles. The minimum Gasteiger partial charge on any atom is -0.507 e. The fourth-order valence-corrected chi connectivity index (χ4v) is 1.14. The first-order chi connectivity index (χ1) is 7.79. The van der Waals surface area contributed by atoms with Crippen molar-refractivity contribution in [1.29, 1.82) is 0 Å². The van der Waals surface area contributed by atoms with Crippen molar-refractivity contribution in [2.24, 2.45) is 0 Å². The third kappa shape index (κ3) is 1.99. The molecule has 0 unspecified atom stereocenters. The molecule has 1 N–H and O–H groups in total. The van der Waals surface area contributed by atoms with E-state index in [0.717, 1.165) is 0 Å². The molecule has 0 saturated carbocycles. The van der Waals surface area contributed by atoms with Crippen LogP contribution in [0.5, 0.6) is 11.5 Å². The molecular weight excluding hydrogens is 180 g/mol. The lowest BCUT2D eigenvalue weighted by Gasteiger charge is -2.13. The van der Waals surface area contributed by atoms with Gasteiger partial charge in [-0.1, -0.05) is 0 Å². The number of phenols is 1. The van der Waals surface area contributed by atoms with Gasteiger partial charge in [0.05, 0.1) is 0 Å². The Hall–Kier alpha value is -1.22. The Balaban J connectivity index is 3.29. The molecule has 0 aliphatic heterocycles. The van der Waals surface area contributed by atoms with E-state index >= 15 is 0 Å². The Bertz CT molecular complexity index is 413. The van der Waals surface area contributed by atoms with Crippen molar-refractivity contribution >= 4 is 0 Å². The summed E-state index contributed by atoms with van der Waals surface area (Å²) in [4.78, 5) is 0. The summed E-state index contributed by atoms with van der Waals surface area (Å²) in [5, 5.41) is 9.82. The van der Waals surface area contributed by atoms with Crippen molar-refractivity contribution in [1.82, 2.24) is 0 Å². The topological polar surface area (TPSA) is 38.7 Å². The summed E-state index contributed by atoms with van der Waals surface area (Å²) in [6.07, 6.45) is 0. The van der Waals surface area contributed by atoms with E-state index in [1.165, 1.54) is 13.2 Å². The van der Waals surface area contributed by atoms with Crippen molar-refractivity contribution < 1.29 is 18.7 Å². The standard InChI is InChI=1S/C11H16O3/c1-7-5-10(14-6-13-4)8(2)9(3)11(7)12/h5,12H,6H2,1-4H3/i1D3. The first kappa shape index (κ1) is 7.12. The van der Waals surface area contributed by atoms with E-state index in [1.807, 2.05) is 0 Å². The Morgan fingerprint density at radius 1 is 1.43 bits per heavy atom. The molecule has 1 rings (SSSR count). The second-order valence-electron chi connectivity index (χ2n) is 3.07. The van der Waals surface area contributed by atoms with Crippen LogP contribution in [0.3, 0.4) is 0 Å². The molecule has 0 radical (unpaired) electrons. The van der Waals surface area contributed by atoms with Gasteiger partial charge in [-0.3, -0.25) is 0 Å². The summed E-state index contributed by atoms with van der Waals surface area (Å²) >= 11 is 0. The fourth-order valence-electron chi connectivity index (χ4n) is 1.14. The van der Waals surface area contributed by atoms with E-state index in [2.05, 4.69) is 0 Å². The first-order valence-electron chi connectivity index (χ1n) is 5.74. The summed E-state index contributed by atoms with van der Waals surface area (Å²) in [6.45, 7) is 1.07. The molecule has 3 heteroatoms. The maximum absolute atomic E-state index is 9.82. The predicted octanol–water partition coefficient (Wildman–Crippen LogP) is 2.30. The molecule has 0 bridgehead atoms. The molecule has 1 aromatic carbocycles. The van der Waals surface area contributed by atoms with Crippen molar-refractivity contribution in [3.63, 3.8) is 0 Å². The molecule has 0 atom stereocenters. The molecular formula is C11H16O3. The number of rotatable bonds is 3. The monoisotopic (exact) mass is 199 g/mol. The van der Waals surface area contributed by atoms with E-state index in [0.29, 0.717) is 16.9 Å². The molecule has 14 heavy (non-hydrogen) atoms. The molecule has 0 spiro atoms. The lowest BCUT2D eigenvalue weighted by atomic mass is 10.0. The number of aryl methyl sites for hydroxylation is 1. The molecule has 3 nitrogen and oxygen atoms in total. The van der Waals surface area contributed by atoms with Crippen LogP contribution in [-0.4, -0.2) is 19.0 Å². The highest BCUT2D eigenvalue weighted by Crippen LogP contribution is 2.31. The molecule has 0 fully saturated rings. The maximum atomic E-state index is 9.82. The maximum Gasteiger partial charge on any atom is 0.188 e. The summed E-state index contributed by atoms with van der Waals surface area (Å²) in [6, 6.07) is 1.34. The van der Waals surface area contributed by atoms with E-state index in [4.69, 9.17) is 13.6 Å². The lowest BCUT2D eigenvalue weighted by Crippen LogP contribution is -2.01. The summed E-state index contributed by atoms with van der Waals surface area (Å²) in [5.41, 5.74) is 1.10. The lowest BCUT2D eigenvalue weighted by molar-refractivity contribution is 0.0505. The summed E-state index contributed by atoms with van der Waals surface area (Å²) in [7, 11) is 1.48. The van der Waals surface area contributed by atoms with E-state index in [-0.39, 0.29) is 18.1 Å². The number of hydrogen-bond acceptors (Lipinski definition) is 3. The van der Waals surface area contributed by atoms with Crippen molar-refractivity contribution in [2.75, 3.05) is 13.9 Å². The smallest absolute Gasteiger partial charge is 0.188 e. The molecule has 0 aliphatic rings. The van der Waals surface area contributed by atoms with Crippen LogP contribution in [0.4, 0.5) is 0 Å². The third-order valence-electron chi connectivity index (χ3n) is 2.15. The second-order valence-corrected chi connectivity index (χ2v) is 3.07. The largest absolute Gasteiger partial charge is 0.507 e. The number of hydrogen-bond donors (Lipinski definition) is 1. The second kappa shape index (κ2) is 4.33. The SMILES string of the molecule is [2H]C([2H])([2H])c1cc(OCOC)c(C)c(C)c1O. The Kier molecular flexibility index (Phi) is 2.20. The van der Waals surface area contributed by atoms with Crippen molar-refractivity contribution in [3.8, 4) is 11.5 Å². The van der Waals surface area contributed by atoms with Crippen LogP contribution in [0.2, 0.25) is 0 Å². The molecule has 0 saturated heterocycles. The zero-order chi connectivity index (χ0) is 13.2. The number of phenolic OH excluding ortho intramolecular Hbond substituents is 1. The van der Waals surface area contributed by atoms with Gasteiger partial charge in [0.1, 0.15) is 11.5 Å².